The van der Waals surface area contributed by atoms with Gasteiger partial charge in [0, 0.05) is 17.9 Å². The summed E-state index contributed by atoms with van der Waals surface area (Å²) in [6.45, 7) is -0.465. The summed E-state index contributed by atoms with van der Waals surface area (Å²) in [6.07, 6.45) is 0.104. The molecular formula is C22H23FN2O5. The van der Waals surface area contributed by atoms with E-state index in [-0.39, 0.29) is 37.2 Å². The van der Waals surface area contributed by atoms with Crippen molar-refractivity contribution in [2.75, 3.05) is 19.8 Å². The summed E-state index contributed by atoms with van der Waals surface area (Å²) in [6, 6.07) is 13.6. The SMILES string of the molecule is O=C([C@H]1CC[C@](CO)([N+](=O)[O-])CO1)N1CCc2ccccc2[C@@H]1c1ccc(F)cc1. The van der Waals surface area contributed by atoms with Gasteiger partial charge in [-0.2, -0.15) is 0 Å². The maximum atomic E-state index is 13.5. The van der Waals surface area contributed by atoms with E-state index in [4.69, 9.17) is 4.74 Å². The first-order valence-corrected chi connectivity index (χ1v) is 9.96. The van der Waals surface area contributed by atoms with Crippen molar-refractivity contribution in [1.82, 2.24) is 4.90 Å². The standard InChI is InChI=1S/C22H23FN2O5/c23-17-7-5-16(6-8-17)20-18-4-2-1-3-15(18)10-12-24(20)21(27)19-9-11-22(13-26,14-30-19)25(28)29/h1-8,19-20,26H,9-14H2/t19-,20+,22-/m1/s1. The number of nitrogens with zero attached hydrogens (tertiary/aromatic N) is 2. The summed E-state index contributed by atoms with van der Waals surface area (Å²) in [5.41, 5.74) is 1.35. The number of benzene rings is 2. The van der Waals surface area contributed by atoms with E-state index >= 15 is 0 Å². The zero-order chi connectivity index (χ0) is 21.3. The number of aliphatic hydroxyl groups excluding tert-OH is 1. The van der Waals surface area contributed by atoms with Gasteiger partial charge in [-0.15, -0.1) is 0 Å². The minimum Gasteiger partial charge on any atom is -0.389 e. The molecule has 0 saturated carbocycles. The number of fused-ring (bicyclic) bond motifs is 1. The Morgan fingerprint density at radius 1 is 1.27 bits per heavy atom. The Hall–Kier alpha value is -2.84. The molecular weight excluding hydrogens is 391 g/mol. The summed E-state index contributed by atoms with van der Waals surface area (Å²) < 4.78 is 19.1. The molecule has 2 aliphatic heterocycles. The average Bonchev–Trinajstić information content (AvgIpc) is 2.78. The van der Waals surface area contributed by atoms with Gasteiger partial charge in [0.1, 0.15) is 25.1 Å². The highest BCUT2D eigenvalue weighted by molar-refractivity contribution is 5.82. The van der Waals surface area contributed by atoms with Crippen molar-refractivity contribution < 1.29 is 24.0 Å². The minimum atomic E-state index is -1.55. The van der Waals surface area contributed by atoms with E-state index in [0.29, 0.717) is 13.0 Å². The van der Waals surface area contributed by atoms with Gasteiger partial charge in [-0.25, -0.2) is 4.39 Å². The van der Waals surface area contributed by atoms with Gasteiger partial charge in [-0.3, -0.25) is 14.9 Å². The van der Waals surface area contributed by atoms with Gasteiger partial charge in [-0.1, -0.05) is 36.4 Å². The van der Waals surface area contributed by atoms with Crippen LogP contribution in [0.4, 0.5) is 4.39 Å². The van der Waals surface area contributed by atoms with Crippen LogP contribution in [0.15, 0.2) is 48.5 Å². The second-order valence-electron chi connectivity index (χ2n) is 7.91. The normalized spacial score (nSPS) is 26.1. The predicted octanol–water partition coefficient (Wildman–Crippen LogP) is 2.49. The van der Waals surface area contributed by atoms with Crippen LogP contribution in [-0.4, -0.2) is 52.2 Å². The van der Waals surface area contributed by atoms with E-state index in [9.17, 15) is 24.4 Å². The van der Waals surface area contributed by atoms with Crippen molar-refractivity contribution in [3.8, 4) is 0 Å². The molecule has 0 aromatic heterocycles. The number of hydrogen-bond acceptors (Lipinski definition) is 5. The molecule has 2 aromatic carbocycles. The predicted molar refractivity (Wildman–Crippen MR) is 106 cm³/mol. The molecule has 30 heavy (non-hydrogen) atoms. The molecule has 1 amide bonds. The van der Waals surface area contributed by atoms with E-state index < -0.39 is 23.2 Å². The quantitative estimate of drug-likeness (QED) is 0.613. The van der Waals surface area contributed by atoms with Crippen LogP contribution >= 0.6 is 0 Å². The summed E-state index contributed by atoms with van der Waals surface area (Å²) in [4.78, 5) is 25.9. The molecule has 2 aromatic rings. The summed E-state index contributed by atoms with van der Waals surface area (Å²) in [5.74, 6) is -0.592. The fourth-order valence-electron chi connectivity index (χ4n) is 4.33. The van der Waals surface area contributed by atoms with Crippen molar-refractivity contribution in [2.24, 2.45) is 0 Å². The molecule has 3 atom stereocenters. The topological polar surface area (TPSA) is 92.9 Å². The van der Waals surface area contributed by atoms with Gasteiger partial charge in [0.05, 0.1) is 6.04 Å². The lowest BCUT2D eigenvalue weighted by Gasteiger charge is -2.41. The number of halogens is 1. The van der Waals surface area contributed by atoms with E-state index in [1.807, 2.05) is 24.3 Å². The van der Waals surface area contributed by atoms with Crippen LogP contribution in [0.5, 0.6) is 0 Å². The zero-order valence-corrected chi connectivity index (χ0v) is 16.4. The molecule has 0 aliphatic carbocycles. The van der Waals surface area contributed by atoms with Gasteiger partial charge < -0.3 is 14.7 Å². The van der Waals surface area contributed by atoms with Gasteiger partial charge in [0.15, 0.2) is 0 Å². The van der Waals surface area contributed by atoms with Crippen molar-refractivity contribution in [3.05, 3.63) is 81.2 Å². The number of nitro groups is 1. The molecule has 0 spiro atoms. The Morgan fingerprint density at radius 3 is 2.63 bits per heavy atom. The third-order valence-corrected chi connectivity index (χ3v) is 6.13. The zero-order valence-electron chi connectivity index (χ0n) is 16.4. The van der Waals surface area contributed by atoms with Gasteiger partial charge in [0.2, 0.25) is 0 Å². The molecule has 8 heteroatoms. The van der Waals surface area contributed by atoms with Crippen LogP contribution in [0.25, 0.3) is 0 Å². The number of carbonyl (C=O) groups is 1. The summed E-state index contributed by atoms with van der Waals surface area (Å²) in [7, 11) is 0. The summed E-state index contributed by atoms with van der Waals surface area (Å²) in [5, 5.41) is 20.8. The van der Waals surface area contributed by atoms with E-state index in [1.165, 1.54) is 12.1 Å². The van der Waals surface area contributed by atoms with Crippen LogP contribution in [0.3, 0.4) is 0 Å². The molecule has 2 aliphatic rings. The van der Waals surface area contributed by atoms with Crippen LogP contribution in [0.2, 0.25) is 0 Å². The first-order chi connectivity index (χ1) is 14.4. The molecule has 1 saturated heterocycles. The molecule has 158 valence electrons. The molecule has 0 unspecified atom stereocenters. The Labute approximate surface area is 173 Å². The Bertz CT molecular complexity index is 941. The Kier molecular flexibility index (Phi) is 5.53. The highest BCUT2D eigenvalue weighted by Crippen LogP contribution is 2.37. The number of carbonyl (C=O) groups excluding carboxylic acids is 1. The second-order valence-corrected chi connectivity index (χ2v) is 7.91. The average molecular weight is 414 g/mol. The molecule has 7 nitrogen and oxygen atoms in total. The second kappa shape index (κ2) is 8.12. The van der Waals surface area contributed by atoms with Crippen LogP contribution < -0.4 is 0 Å². The maximum Gasteiger partial charge on any atom is 0.267 e. The monoisotopic (exact) mass is 414 g/mol. The molecule has 1 N–H and O–H groups in total. The highest BCUT2D eigenvalue weighted by atomic mass is 19.1. The van der Waals surface area contributed by atoms with Gasteiger partial charge in [0.25, 0.3) is 11.4 Å². The van der Waals surface area contributed by atoms with Crippen molar-refractivity contribution in [2.45, 2.75) is 36.9 Å². The fourth-order valence-corrected chi connectivity index (χ4v) is 4.33. The highest BCUT2D eigenvalue weighted by Gasteiger charge is 2.49. The summed E-state index contributed by atoms with van der Waals surface area (Å²) >= 11 is 0. The molecule has 2 heterocycles. The van der Waals surface area contributed by atoms with E-state index in [1.54, 1.807) is 17.0 Å². The fraction of sp³-hybridized carbons (Fsp3) is 0.409. The Morgan fingerprint density at radius 2 is 2.00 bits per heavy atom. The molecule has 4 rings (SSSR count). The molecule has 1 fully saturated rings. The van der Waals surface area contributed by atoms with Crippen LogP contribution in [0, 0.1) is 15.9 Å². The molecule has 0 radical (unpaired) electrons. The first kappa shape index (κ1) is 20.4. The number of rotatable bonds is 4. The third kappa shape index (κ3) is 3.57. The van der Waals surface area contributed by atoms with E-state index in [0.717, 1.165) is 16.7 Å². The van der Waals surface area contributed by atoms with Crippen molar-refractivity contribution in [3.63, 3.8) is 0 Å². The van der Waals surface area contributed by atoms with Crippen LogP contribution in [-0.2, 0) is 16.0 Å². The van der Waals surface area contributed by atoms with Gasteiger partial charge >= 0.3 is 0 Å². The van der Waals surface area contributed by atoms with E-state index in [2.05, 4.69) is 0 Å². The lowest BCUT2D eigenvalue weighted by atomic mass is 9.86. The largest absolute Gasteiger partial charge is 0.389 e. The lowest BCUT2D eigenvalue weighted by Crippen LogP contribution is -2.55. The minimum absolute atomic E-state index is 0.0680. The number of hydrogen-bond donors (Lipinski definition) is 1. The van der Waals surface area contributed by atoms with Crippen LogP contribution in [0.1, 0.15) is 35.6 Å². The maximum absolute atomic E-state index is 13.5. The smallest absolute Gasteiger partial charge is 0.267 e. The number of aliphatic hydroxyl groups is 1. The van der Waals surface area contributed by atoms with Gasteiger partial charge in [-0.05, 0) is 41.7 Å². The molecule has 0 bridgehead atoms. The van der Waals surface area contributed by atoms with Crippen molar-refractivity contribution in [1.29, 1.82) is 0 Å². The lowest BCUT2D eigenvalue weighted by molar-refractivity contribution is -0.583. The van der Waals surface area contributed by atoms with Crippen molar-refractivity contribution >= 4 is 5.91 Å². The first-order valence-electron chi connectivity index (χ1n) is 9.96. The number of amides is 1. The Balaban J connectivity index is 1.62. The third-order valence-electron chi connectivity index (χ3n) is 6.13. The number of ether oxygens (including phenoxy) is 1.